The lowest BCUT2D eigenvalue weighted by Gasteiger charge is -2.22. The maximum atomic E-state index is 11.8. The topological polar surface area (TPSA) is 75.4 Å². The summed E-state index contributed by atoms with van der Waals surface area (Å²) in [5, 5.41) is 2.74. The van der Waals surface area contributed by atoms with Crippen LogP contribution in [0.1, 0.15) is 32.1 Å². The lowest BCUT2D eigenvalue weighted by molar-refractivity contribution is -0.129. The van der Waals surface area contributed by atoms with Crippen LogP contribution in [0.15, 0.2) is 0 Å². The Bertz CT molecular complexity index is 276. The van der Waals surface area contributed by atoms with E-state index in [9.17, 15) is 9.59 Å². The third-order valence-electron chi connectivity index (χ3n) is 3.07. The number of hydrogen-bond donors (Lipinski definition) is 2. The highest BCUT2D eigenvalue weighted by Crippen LogP contribution is 2.27. The van der Waals surface area contributed by atoms with Crippen molar-refractivity contribution in [1.82, 2.24) is 10.2 Å². The fourth-order valence-corrected chi connectivity index (χ4v) is 1.92. The monoisotopic (exact) mass is 263 g/mol. The summed E-state index contributed by atoms with van der Waals surface area (Å²) in [5.41, 5.74) is 5.28. The van der Waals surface area contributed by atoms with Gasteiger partial charge in [0, 0.05) is 27.1 Å². The number of nitrogens with two attached hydrogens (primary N) is 1. The number of halogens is 1. The predicted octanol–water partition coefficient (Wildman–Crippen LogP) is 0.274. The zero-order valence-corrected chi connectivity index (χ0v) is 11.3. The van der Waals surface area contributed by atoms with Gasteiger partial charge in [-0.25, -0.2) is 0 Å². The van der Waals surface area contributed by atoms with E-state index in [1.165, 1.54) is 4.90 Å². The van der Waals surface area contributed by atoms with Crippen LogP contribution in [0.3, 0.4) is 0 Å². The normalized spacial score (nSPS) is 17.1. The van der Waals surface area contributed by atoms with Crippen molar-refractivity contribution in [3.8, 4) is 0 Å². The van der Waals surface area contributed by atoms with Crippen molar-refractivity contribution >= 4 is 24.2 Å². The summed E-state index contributed by atoms with van der Waals surface area (Å²) >= 11 is 0. The second-order valence-corrected chi connectivity index (χ2v) is 4.66. The summed E-state index contributed by atoms with van der Waals surface area (Å²) in [4.78, 5) is 24.5. The molecular formula is C11H22ClN3O2. The first kappa shape index (κ1) is 16.2. The van der Waals surface area contributed by atoms with Gasteiger partial charge in [0.1, 0.15) is 0 Å². The van der Waals surface area contributed by atoms with Crippen LogP contribution in [0.5, 0.6) is 0 Å². The Morgan fingerprint density at radius 3 is 2.29 bits per heavy atom. The van der Waals surface area contributed by atoms with E-state index in [0.29, 0.717) is 13.0 Å². The molecule has 1 fully saturated rings. The van der Waals surface area contributed by atoms with Crippen molar-refractivity contribution in [2.45, 2.75) is 37.6 Å². The summed E-state index contributed by atoms with van der Waals surface area (Å²) in [7, 11) is 3.40. The van der Waals surface area contributed by atoms with E-state index in [1.54, 1.807) is 14.1 Å². The third kappa shape index (κ3) is 4.52. The number of carbonyl (C=O) groups is 2. The summed E-state index contributed by atoms with van der Waals surface area (Å²) < 4.78 is 0. The Morgan fingerprint density at radius 1 is 1.29 bits per heavy atom. The quantitative estimate of drug-likeness (QED) is 0.765. The molecule has 0 radical (unpaired) electrons. The molecule has 0 atom stereocenters. The van der Waals surface area contributed by atoms with Crippen LogP contribution in [0.25, 0.3) is 0 Å². The summed E-state index contributed by atoms with van der Waals surface area (Å²) in [5.74, 6) is -0.102. The SMILES string of the molecule is CN(C)C(=O)CCNC(=O)C1(N)CCCC1.Cl. The van der Waals surface area contributed by atoms with Crippen molar-refractivity contribution < 1.29 is 9.59 Å². The molecule has 0 saturated heterocycles. The molecule has 0 aromatic carbocycles. The molecule has 0 bridgehead atoms. The zero-order valence-electron chi connectivity index (χ0n) is 10.5. The fourth-order valence-electron chi connectivity index (χ4n) is 1.92. The van der Waals surface area contributed by atoms with Gasteiger partial charge in [0.15, 0.2) is 0 Å². The van der Waals surface area contributed by atoms with Crippen molar-refractivity contribution in [3.63, 3.8) is 0 Å². The smallest absolute Gasteiger partial charge is 0.240 e. The van der Waals surface area contributed by atoms with Gasteiger partial charge in [-0.05, 0) is 12.8 Å². The van der Waals surface area contributed by atoms with Crippen molar-refractivity contribution in [2.24, 2.45) is 5.73 Å². The lowest BCUT2D eigenvalue weighted by atomic mass is 9.98. The van der Waals surface area contributed by atoms with Gasteiger partial charge in [-0.2, -0.15) is 0 Å². The van der Waals surface area contributed by atoms with Gasteiger partial charge in [-0.1, -0.05) is 12.8 Å². The van der Waals surface area contributed by atoms with Crippen LogP contribution in [-0.2, 0) is 9.59 Å². The van der Waals surface area contributed by atoms with E-state index in [-0.39, 0.29) is 24.2 Å². The minimum Gasteiger partial charge on any atom is -0.354 e. The van der Waals surface area contributed by atoms with Gasteiger partial charge in [-0.15, -0.1) is 12.4 Å². The molecule has 5 nitrogen and oxygen atoms in total. The Morgan fingerprint density at radius 2 is 1.82 bits per heavy atom. The molecule has 1 rings (SSSR count). The predicted molar refractivity (Wildman–Crippen MR) is 69.0 cm³/mol. The van der Waals surface area contributed by atoms with Crippen LogP contribution in [0.2, 0.25) is 0 Å². The molecule has 3 N–H and O–H groups in total. The molecular weight excluding hydrogens is 242 g/mol. The molecule has 17 heavy (non-hydrogen) atoms. The van der Waals surface area contributed by atoms with E-state index in [1.807, 2.05) is 0 Å². The Kier molecular flexibility index (Phi) is 6.49. The van der Waals surface area contributed by atoms with Crippen LogP contribution in [-0.4, -0.2) is 42.9 Å². The molecule has 0 aromatic heterocycles. The first-order chi connectivity index (χ1) is 7.46. The lowest BCUT2D eigenvalue weighted by Crippen LogP contribution is -2.52. The van der Waals surface area contributed by atoms with Gasteiger partial charge in [0.2, 0.25) is 11.8 Å². The number of nitrogens with zero attached hydrogens (tertiary/aromatic N) is 1. The molecule has 100 valence electrons. The molecule has 1 aliphatic rings. The number of amides is 2. The molecule has 0 heterocycles. The Hall–Kier alpha value is -0.810. The standard InChI is InChI=1S/C11H21N3O2.ClH/c1-14(2)9(15)5-8-13-10(16)11(12)6-3-4-7-11;/h3-8,12H2,1-2H3,(H,13,16);1H. The molecule has 0 unspecified atom stereocenters. The van der Waals surface area contributed by atoms with Crippen molar-refractivity contribution in [3.05, 3.63) is 0 Å². The number of hydrogen-bond acceptors (Lipinski definition) is 3. The maximum absolute atomic E-state index is 11.8. The van der Waals surface area contributed by atoms with E-state index in [2.05, 4.69) is 5.32 Å². The Labute approximate surface area is 109 Å². The number of rotatable bonds is 4. The fraction of sp³-hybridized carbons (Fsp3) is 0.818. The first-order valence-corrected chi connectivity index (χ1v) is 5.73. The van der Waals surface area contributed by atoms with Crippen LogP contribution in [0, 0.1) is 0 Å². The highest BCUT2D eigenvalue weighted by atomic mass is 35.5. The van der Waals surface area contributed by atoms with Gasteiger partial charge in [0.05, 0.1) is 5.54 Å². The highest BCUT2D eigenvalue weighted by Gasteiger charge is 2.36. The average Bonchev–Trinajstić information content (AvgIpc) is 2.66. The number of carbonyl (C=O) groups excluding carboxylic acids is 2. The largest absolute Gasteiger partial charge is 0.354 e. The average molecular weight is 264 g/mol. The summed E-state index contributed by atoms with van der Waals surface area (Å²) in [6.07, 6.45) is 3.86. The molecule has 6 heteroatoms. The van der Waals surface area contributed by atoms with Gasteiger partial charge in [0.25, 0.3) is 0 Å². The minimum absolute atomic E-state index is 0. The summed E-state index contributed by atoms with van der Waals surface area (Å²) in [6.45, 7) is 0.370. The number of nitrogens with one attached hydrogen (secondary N) is 1. The first-order valence-electron chi connectivity index (χ1n) is 5.73. The van der Waals surface area contributed by atoms with Gasteiger partial charge >= 0.3 is 0 Å². The van der Waals surface area contributed by atoms with E-state index in [0.717, 1.165) is 25.7 Å². The summed E-state index contributed by atoms with van der Waals surface area (Å²) in [6, 6.07) is 0. The molecule has 1 saturated carbocycles. The van der Waals surface area contributed by atoms with E-state index < -0.39 is 5.54 Å². The third-order valence-corrected chi connectivity index (χ3v) is 3.07. The van der Waals surface area contributed by atoms with Gasteiger partial charge in [-0.3, -0.25) is 9.59 Å². The van der Waals surface area contributed by atoms with Crippen LogP contribution in [0.4, 0.5) is 0 Å². The maximum Gasteiger partial charge on any atom is 0.240 e. The van der Waals surface area contributed by atoms with E-state index in [4.69, 9.17) is 5.73 Å². The van der Waals surface area contributed by atoms with Crippen LogP contribution < -0.4 is 11.1 Å². The molecule has 0 aliphatic heterocycles. The zero-order chi connectivity index (χ0) is 12.2. The molecule has 0 aromatic rings. The van der Waals surface area contributed by atoms with Gasteiger partial charge < -0.3 is 16.0 Å². The highest BCUT2D eigenvalue weighted by molar-refractivity contribution is 5.86. The second-order valence-electron chi connectivity index (χ2n) is 4.66. The van der Waals surface area contributed by atoms with Crippen LogP contribution >= 0.6 is 12.4 Å². The molecule has 0 spiro atoms. The van der Waals surface area contributed by atoms with E-state index >= 15 is 0 Å². The minimum atomic E-state index is -0.693. The second kappa shape index (κ2) is 6.81. The van der Waals surface area contributed by atoms with Crippen molar-refractivity contribution in [2.75, 3.05) is 20.6 Å². The molecule has 1 aliphatic carbocycles. The molecule has 2 amide bonds. The van der Waals surface area contributed by atoms with Crippen molar-refractivity contribution in [1.29, 1.82) is 0 Å². The Balaban J connectivity index is 0.00000256.